The summed E-state index contributed by atoms with van der Waals surface area (Å²) < 4.78 is 0. The fraction of sp³-hybridized carbons (Fsp3) is 0.857. The highest BCUT2D eigenvalue weighted by molar-refractivity contribution is 5.80. The van der Waals surface area contributed by atoms with E-state index in [1.165, 1.54) is 25.7 Å². The molecule has 2 aliphatic rings. The Labute approximate surface area is 104 Å². The minimum absolute atomic E-state index is 0.0866. The number of rotatable bonds is 3. The molecule has 2 fully saturated rings. The van der Waals surface area contributed by atoms with Gasteiger partial charge in [0.25, 0.3) is 0 Å². The number of carbonyl (C=O) groups excluding carboxylic acids is 1. The molecule has 0 heterocycles. The van der Waals surface area contributed by atoms with E-state index in [9.17, 15) is 10.1 Å². The molecule has 0 spiro atoms. The number of hydrogen-bond acceptors (Lipinski definition) is 2. The molecule has 1 amide bonds. The van der Waals surface area contributed by atoms with Crippen LogP contribution < -0.4 is 5.32 Å². The van der Waals surface area contributed by atoms with Gasteiger partial charge in [0, 0.05) is 5.92 Å². The summed E-state index contributed by atoms with van der Waals surface area (Å²) in [4.78, 5) is 12.1. The highest BCUT2D eigenvalue weighted by atomic mass is 16.2. The van der Waals surface area contributed by atoms with Crippen LogP contribution in [0.4, 0.5) is 0 Å². The van der Waals surface area contributed by atoms with Gasteiger partial charge in [0.15, 0.2) is 0 Å². The minimum atomic E-state index is -0.573. The molecule has 17 heavy (non-hydrogen) atoms. The van der Waals surface area contributed by atoms with Gasteiger partial charge in [0.05, 0.1) is 6.07 Å². The summed E-state index contributed by atoms with van der Waals surface area (Å²) in [5.74, 6) is 0.746. The Balaban J connectivity index is 1.97. The predicted molar refractivity (Wildman–Crippen MR) is 66.1 cm³/mol. The van der Waals surface area contributed by atoms with Gasteiger partial charge in [-0.05, 0) is 31.6 Å². The monoisotopic (exact) mass is 234 g/mol. The number of hydrogen-bond donors (Lipinski definition) is 1. The molecule has 3 nitrogen and oxygen atoms in total. The molecule has 1 unspecified atom stereocenters. The van der Waals surface area contributed by atoms with Gasteiger partial charge in [-0.15, -0.1) is 0 Å². The number of amides is 1. The lowest BCUT2D eigenvalue weighted by atomic mass is 9.90. The van der Waals surface area contributed by atoms with Crippen LogP contribution in [0.15, 0.2) is 0 Å². The minimum Gasteiger partial charge on any atom is -0.338 e. The van der Waals surface area contributed by atoms with Crippen molar-refractivity contribution in [1.82, 2.24) is 5.32 Å². The molecule has 0 radical (unpaired) electrons. The van der Waals surface area contributed by atoms with Crippen LogP contribution >= 0.6 is 0 Å². The van der Waals surface area contributed by atoms with Crippen LogP contribution in [-0.2, 0) is 4.79 Å². The van der Waals surface area contributed by atoms with E-state index in [1.807, 2.05) is 6.92 Å². The first-order chi connectivity index (χ1) is 8.17. The molecule has 0 bridgehead atoms. The quantitative estimate of drug-likeness (QED) is 0.763. The first-order valence-electron chi connectivity index (χ1n) is 6.90. The second-order valence-corrected chi connectivity index (χ2v) is 5.72. The normalized spacial score (nSPS) is 25.4. The maximum atomic E-state index is 12.1. The van der Waals surface area contributed by atoms with E-state index in [2.05, 4.69) is 11.4 Å². The molecule has 0 saturated heterocycles. The lowest BCUT2D eigenvalue weighted by Crippen LogP contribution is -2.49. The van der Waals surface area contributed by atoms with Crippen molar-refractivity contribution in [3.63, 3.8) is 0 Å². The fourth-order valence-corrected chi connectivity index (χ4v) is 2.76. The molecule has 1 N–H and O–H groups in total. The van der Waals surface area contributed by atoms with Crippen LogP contribution in [0.25, 0.3) is 0 Å². The summed E-state index contributed by atoms with van der Waals surface area (Å²) in [7, 11) is 0. The smallest absolute Gasteiger partial charge is 0.224 e. The van der Waals surface area contributed by atoms with Gasteiger partial charge < -0.3 is 5.32 Å². The third-order valence-corrected chi connectivity index (χ3v) is 4.28. The molecule has 2 rings (SSSR count). The molecule has 1 atom stereocenters. The average molecular weight is 234 g/mol. The zero-order valence-electron chi connectivity index (χ0n) is 10.7. The average Bonchev–Trinajstić information content (AvgIpc) is 3.16. The zero-order chi connectivity index (χ0) is 12.3. The van der Waals surface area contributed by atoms with E-state index in [4.69, 9.17) is 0 Å². The van der Waals surface area contributed by atoms with Gasteiger partial charge in [-0.2, -0.15) is 5.26 Å². The van der Waals surface area contributed by atoms with E-state index < -0.39 is 5.54 Å². The van der Waals surface area contributed by atoms with Gasteiger partial charge in [-0.1, -0.05) is 32.6 Å². The molecular weight excluding hydrogens is 212 g/mol. The Morgan fingerprint density at radius 3 is 2.35 bits per heavy atom. The molecule has 3 heteroatoms. The summed E-state index contributed by atoms with van der Waals surface area (Å²) in [6.07, 6.45) is 8.51. The fourth-order valence-electron chi connectivity index (χ4n) is 2.76. The number of nitriles is 1. The molecule has 0 aliphatic heterocycles. The Morgan fingerprint density at radius 2 is 1.88 bits per heavy atom. The van der Waals surface area contributed by atoms with E-state index in [-0.39, 0.29) is 11.8 Å². The van der Waals surface area contributed by atoms with Gasteiger partial charge >= 0.3 is 0 Å². The van der Waals surface area contributed by atoms with Crippen LogP contribution in [-0.4, -0.2) is 11.4 Å². The third-order valence-electron chi connectivity index (χ3n) is 4.28. The Morgan fingerprint density at radius 1 is 1.29 bits per heavy atom. The van der Waals surface area contributed by atoms with Crippen molar-refractivity contribution in [3.05, 3.63) is 0 Å². The van der Waals surface area contributed by atoms with Crippen LogP contribution in [0.1, 0.15) is 58.3 Å². The summed E-state index contributed by atoms with van der Waals surface area (Å²) in [5, 5.41) is 12.4. The molecule has 0 aromatic heterocycles. The standard InChI is InChI=1S/C14H22N2O/c1-11(12-6-7-12)13(17)16-14(10-15)8-4-2-3-5-9-14/h11-12H,2-9H2,1H3,(H,16,17). The first kappa shape index (κ1) is 12.4. The van der Waals surface area contributed by atoms with Crippen LogP contribution in [0.3, 0.4) is 0 Å². The van der Waals surface area contributed by atoms with Gasteiger partial charge in [0.2, 0.25) is 5.91 Å². The molecular formula is C14H22N2O. The van der Waals surface area contributed by atoms with E-state index in [0.717, 1.165) is 25.7 Å². The predicted octanol–water partition coefficient (Wildman–Crippen LogP) is 2.77. The van der Waals surface area contributed by atoms with Crippen LogP contribution in [0, 0.1) is 23.2 Å². The third kappa shape index (κ3) is 3.00. The van der Waals surface area contributed by atoms with Crippen molar-refractivity contribution >= 4 is 5.91 Å². The lowest BCUT2D eigenvalue weighted by molar-refractivity contribution is -0.126. The zero-order valence-corrected chi connectivity index (χ0v) is 10.7. The molecule has 0 aromatic carbocycles. The highest BCUT2D eigenvalue weighted by Gasteiger charge is 2.38. The van der Waals surface area contributed by atoms with E-state index in [0.29, 0.717) is 5.92 Å². The maximum Gasteiger partial charge on any atom is 0.224 e. The Bertz CT molecular complexity index is 320. The van der Waals surface area contributed by atoms with Crippen molar-refractivity contribution in [2.75, 3.05) is 0 Å². The lowest BCUT2D eigenvalue weighted by Gasteiger charge is -2.28. The largest absolute Gasteiger partial charge is 0.338 e. The highest BCUT2D eigenvalue weighted by Crippen LogP contribution is 2.37. The molecule has 0 aromatic rings. The van der Waals surface area contributed by atoms with Crippen molar-refractivity contribution in [2.24, 2.45) is 11.8 Å². The van der Waals surface area contributed by atoms with Crippen molar-refractivity contribution in [2.45, 2.75) is 63.8 Å². The summed E-state index contributed by atoms with van der Waals surface area (Å²) in [6.45, 7) is 1.99. The SMILES string of the molecule is CC(C(=O)NC1(C#N)CCCCCC1)C1CC1. The van der Waals surface area contributed by atoms with Crippen molar-refractivity contribution < 1.29 is 4.79 Å². The topological polar surface area (TPSA) is 52.9 Å². The van der Waals surface area contributed by atoms with Crippen molar-refractivity contribution in [1.29, 1.82) is 5.26 Å². The van der Waals surface area contributed by atoms with Gasteiger partial charge in [-0.25, -0.2) is 0 Å². The van der Waals surface area contributed by atoms with E-state index in [1.54, 1.807) is 0 Å². The summed E-state index contributed by atoms with van der Waals surface area (Å²) in [5.41, 5.74) is -0.573. The second kappa shape index (κ2) is 5.08. The van der Waals surface area contributed by atoms with Crippen LogP contribution in [0.5, 0.6) is 0 Å². The number of nitrogens with zero attached hydrogens (tertiary/aromatic N) is 1. The summed E-state index contributed by atoms with van der Waals surface area (Å²) in [6, 6.07) is 2.37. The Hall–Kier alpha value is -1.04. The van der Waals surface area contributed by atoms with Crippen LogP contribution in [0.2, 0.25) is 0 Å². The molecule has 2 aliphatic carbocycles. The number of carbonyl (C=O) groups is 1. The first-order valence-corrected chi connectivity index (χ1v) is 6.90. The number of nitrogens with one attached hydrogen (secondary N) is 1. The Kier molecular flexibility index (Phi) is 3.71. The van der Waals surface area contributed by atoms with Crippen molar-refractivity contribution in [3.8, 4) is 6.07 Å². The summed E-state index contributed by atoms with van der Waals surface area (Å²) >= 11 is 0. The second-order valence-electron chi connectivity index (χ2n) is 5.72. The van der Waals surface area contributed by atoms with Gasteiger partial charge in [0.1, 0.15) is 5.54 Å². The molecule has 94 valence electrons. The van der Waals surface area contributed by atoms with Gasteiger partial charge in [-0.3, -0.25) is 4.79 Å². The van der Waals surface area contributed by atoms with E-state index >= 15 is 0 Å². The maximum absolute atomic E-state index is 12.1. The molecule has 2 saturated carbocycles.